The quantitative estimate of drug-likeness (QED) is 0.572. The molecule has 2 rings (SSSR count). The Labute approximate surface area is 106 Å². The number of aromatic nitrogens is 1. The van der Waals surface area contributed by atoms with E-state index in [9.17, 15) is 0 Å². The lowest BCUT2D eigenvalue weighted by Gasteiger charge is -2.18. The fourth-order valence-corrected chi connectivity index (χ4v) is 3.27. The summed E-state index contributed by atoms with van der Waals surface area (Å²) in [7, 11) is -0.990. The van der Waals surface area contributed by atoms with Gasteiger partial charge in [-0.05, 0) is 30.9 Å². The summed E-state index contributed by atoms with van der Waals surface area (Å²) in [5.74, 6) is 4.19. The predicted molar refractivity (Wildman–Crippen MR) is 75.7 cm³/mol. The molecule has 0 bridgehead atoms. The van der Waals surface area contributed by atoms with E-state index < -0.39 is 8.41 Å². The molecule has 2 heteroatoms. The molecule has 1 aromatic heterocycles. The lowest BCUT2D eigenvalue weighted by Crippen LogP contribution is -2.22. The van der Waals surface area contributed by atoms with E-state index in [2.05, 4.69) is 22.6 Å². The van der Waals surface area contributed by atoms with Gasteiger partial charge in [0.25, 0.3) is 0 Å². The minimum Gasteiger partial charge on any atom is -0.261 e. The van der Waals surface area contributed by atoms with E-state index in [4.69, 9.17) is 0 Å². The number of hydrogen-bond acceptors (Lipinski definition) is 1. The molecule has 1 aliphatic carbocycles. The lowest BCUT2D eigenvalue weighted by molar-refractivity contribution is 0.365. The molecule has 1 nitrogen and oxygen atoms in total. The first kappa shape index (κ1) is 12.3. The highest BCUT2D eigenvalue weighted by molar-refractivity contribution is 6.81. The van der Waals surface area contributed by atoms with Crippen molar-refractivity contribution in [1.29, 1.82) is 0 Å². The van der Waals surface area contributed by atoms with E-state index in [-0.39, 0.29) is 0 Å². The first-order valence-electron chi connectivity index (χ1n) is 6.45. The van der Waals surface area contributed by atoms with Gasteiger partial charge >= 0.3 is 0 Å². The maximum atomic E-state index is 4.32. The largest absolute Gasteiger partial charge is 0.261 e. The first-order chi connectivity index (χ1) is 8.36. The Morgan fingerprint density at radius 2 is 2.12 bits per heavy atom. The van der Waals surface area contributed by atoms with Crippen LogP contribution in [0.3, 0.4) is 0 Å². The Hall–Kier alpha value is -1.20. The second kappa shape index (κ2) is 6.51. The monoisotopic (exact) mass is 241 g/mol. The smallest absolute Gasteiger partial charge is 0.152 e. The molecular formula is C15H19NSi. The Balaban J connectivity index is 1.86. The van der Waals surface area contributed by atoms with Gasteiger partial charge in [-0.3, -0.25) is 4.98 Å². The van der Waals surface area contributed by atoms with Gasteiger partial charge in [-0.1, -0.05) is 25.3 Å². The van der Waals surface area contributed by atoms with Crippen molar-refractivity contribution in [2.75, 3.05) is 0 Å². The highest BCUT2D eigenvalue weighted by Gasteiger charge is 2.11. The summed E-state index contributed by atoms with van der Waals surface area (Å²) in [4.78, 5) is 4.32. The summed E-state index contributed by atoms with van der Waals surface area (Å²) in [6, 6.07) is 5.99. The fourth-order valence-electron chi connectivity index (χ4n) is 2.30. The molecule has 1 aliphatic rings. The van der Waals surface area contributed by atoms with Crippen molar-refractivity contribution < 1.29 is 0 Å². The third kappa shape index (κ3) is 3.94. The summed E-state index contributed by atoms with van der Waals surface area (Å²) in [6.45, 7) is 0. The molecule has 17 heavy (non-hydrogen) atoms. The second-order valence-corrected chi connectivity index (χ2v) is 6.42. The number of rotatable bonds is 2. The zero-order valence-corrected chi connectivity index (χ0v) is 11.3. The molecule has 1 aromatic rings. The third-order valence-electron chi connectivity index (χ3n) is 3.33. The Morgan fingerprint density at radius 1 is 1.29 bits per heavy atom. The van der Waals surface area contributed by atoms with Crippen molar-refractivity contribution in [1.82, 2.24) is 4.98 Å². The van der Waals surface area contributed by atoms with Gasteiger partial charge < -0.3 is 0 Å². The standard InChI is InChI=1S/C15H19NSi/c1-17(15-11-5-6-12-16-15)13-7-10-14-8-3-2-4-9-14/h5-6,11-12,14H,1-4,8-10H2. The molecule has 0 spiro atoms. The van der Waals surface area contributed by atoms with Crippen LogP contribution in [0.25, 0.3) is 0 Å². The van der Waals surface area contributed by atoms with Gasteiger partial charge in [-0.25, -0.2) is 0 Å². The van der Waals surface area contributed by atoms with E-state index in [0.717, 1.165) is 17.7 Å². The first-order valence-corrected chi connectivity index (χ1v) is 8.16. The Morgan fingerprint density at radius 3 is 2.82 bits per heavy atom. The third-order valence-corrected chi connectivity index (χ3v) is 4.72. The summed E-state index contributed by atoms with van der Waals surface area (Å²) in [5, 5.41) is 1.08. The zero-order valence-electron chi connectivity index (χ0n) is 10.3. The van der Waals surface area contributed by atoms with Crippen LogP contribution in [0, 0.1) is 17.4 Å². The van der Waals surface area contributed by atoms with Gasteiger partial charge in [0.1, 0.15) is 0 Å². The van der Waals surface area contributed by atoms with Crippen LogP contribution >= 0.6 is 0 Å². The van der Waals surface area contributed by atoms with Crippen molar-refractivity contribution in [2.45, 2.75) is 38.5 Å². The molecule has 88 valence electrons. The molecule has 0 aliphatic heterocycles. The average molecular weight is 241 g/mol. The van der Waals surface area contributed by atoms with Gasteiger partial charge in [-0.2, -0.15) is 0 Å². The highest BCUT2D eigenvalue weighted by Crippen LogP contribution is 2.25. The van der Waals surface area contributed by atoms with E-state index in [1.165, 1.54) is 32.1 Å². The maximum Gasteiger partial charge on any atom is 0.152 e. The van der Waals surface area contributed by atoms with Crippen LogP contribution in [0.2, 0.25) is 0 Å². The van der Waals surface area contributed by atoms with E-state index >= 15 is 0 Å². The van der Waals surface area contributed by atoms with Crippen LogP contribution in [0.4, 0.5) is 0 Å². The topological polar surface area (TPSA) is 12.9 Å². The zero-order chi connectivity index (χ0) is 11.9. The molecule has 0 aromatic carbocycles. The van der Waals surface area contributed by atoms with Crippen molar-refractivity contribution in [3.05, 3.63) is 24.4 Å². The number of nitrogens with zero attached hydrogens (tertiary/aromatic N) is 1. The maximum absolute atomic E-state index is 4.32. The molecule has 1 heterocycles. The summed E-state index contributed by atoms with van der Waals surface area (Å²) in [6.07, 6.45) is 14.0. The van der Waals surface area contributed by atoms with Crippen LogP contribution in [0.1, 0.15) is 38.5 Å². The van der Waals surface area contributed by atoms with Crippen LogP contribution in [-0.2, 0) is 0 Å². The SMILES string of the molecule is C=[Si](C#CCC1CCCCC1)c1ccccn1. The van der Waals surface area contributed by atoms with Crippen molar-refractivity contribution in [2.24, 2.45) is 5.92 Å². The molecule has 0 atom stereocenters. The molecule has 0 radical (unpaired) electrons. The predicted octanol–water partition coefficient (Wildman–Crippen LogP) is 2.31. The van der Waals surface area contributed by atoms with E-state index in [1.54, 1.807) is 0 Å². The molecule has 1 saturated carbocycles. The van der Waals surface area contributed by atoms with Gasteiger partial charge in [0.15, 0.2) is 8.41 Å². The minimum absolute atomic E-state index is 0.842. The lowest BCUT2D eigenvalue weighted by atomic mass is 9.87. The summed E-state index contributed by atoms with van der Waals surface area (Å²) in [5.41, 5.74) is 3.32. The minimum atomic E-state index is -0.990. The summed E-state index contributed by atoms with van der Waals surface area (Å²) >= 11 is 0. The van der Waals surface area contributed by atoms with E-state index in [1.807, 2.05) is 24.4 Å². The molecule has 0 amide bonds. The van der Waals surface area contributed by atoms with Gasteiger partial charge in [0.2, 0.25) is 0 Å². The molecule has 1 fully saturated rings. The Bertz CT molecular complexity index is 421. The van der Waals surface area contributed by atoms with Crippen LogP contribution in [0.15, 0.2) is 24.4 Å². The van der Waals surface area contributed by atoms with Gasteiger partial charge in [0.05, 0.1) is 5.32 Å². The van der Waals surface area contributed by atoms with Gasteiger partial charge in [-0.15, -0.1) is 17.6 Å². The van der Waals surface area contributed by atoms with Gasteiger partial charge in [0, 0.05) is 12.6 Å². The number of hydrogen-bond donors (Lipinski definition) is 0. The molecule has 0 N–H and O–H groups in total. The highest BCUT2D eigenvalue weighted by atomic mass is 28.2. The second-order valence-electron chi connectivity index (χ2n) is 4.70. The van der Waals surface area contributed by atoms with Crippen LogP contribution < -0.4 is 5.32 Å². The van der Waals surface area contributed by atoms with Crippen LogP contribution in [-0.4, -0.2) is 19.6 Å². The number of pyridine rings is 1. The van der Waals surface area contributed by atoms with Crippen molar-refractivity contribution >= 4 is 19.9 Å². The Kier molecular flexibility index (Phi) is 4.70. The van der Waals surface area contributed by atoms with Crippen molar-refractivity contribution in [3.63, 3.8) is 0 Å². The molecular weight excluding hydrogens is 222 g/mol. The average Bonchev–Trinajstić information content (AvgIpc) is 2.41. The summed E-state index contributed by atoms with van der Waals surface area (Å²) < 4.78 is 0. The molecule has 0 unspecified atom stereocenters. The fraction of sp³-hybridized carbons (Fsp3) is 0.467. The van der Waals surface area contributed by atoms with E-state index in [0.29, 0.717) is 0 Å². The van der Waals surface area contributed by atoms with Crippen molar-refractivity contribution in [3.8, 4) is 11.5 Å². The normalized spacial score (nSPS) is 16.0. The van der Waals surface area contributed by atoms with Crippen LogP contribution in [0.5, 0.6) is 0 Å². The molecule has 0 saturated heterocycles.